The summed E-state index contributed by atoms with van der Waals surface area (Å²) in [5, 5.41) is 7.60. The number of pyridine rings is 1. The fourth-order valence-electron chi connectivity index (χ4n) is 7.19. The third-order valence-corrected chi connectivity index (χ3v) is 10.0. The smallest absolute Gasteiger partial charge is 0.509 e. The Balaban J connectivity index is 0.00000497. The Hall–Kier alpha value is -4.47. The average Bonchev–Trinajstić information content (AvgIpc) is 3.64. The Morgan fingerprint density at radius 2 is 1.41 bits per heavy atom. The number of aromatic nitrogens is 4. The van der Waals surface area contributed by atoms with Crippen LogP contribution in [-0.2, 0) is 43.7 Å². The van der Waals surface area contributed by atoms with E-state index in [4.69, 9.17) is 14.8 Å². The van der Waals surface area contributed by atoms with E-state index in [9.17, 15) is 0 Å². The largest absolute Gasteiger partial charge is 2.00 e. The molecule has 0 fully saturated rings. The average molecular weight is 896 g/mol. The normalized spacial score (nSPS) is 12.4. The predicted octanol–water partition coefficient (Wildman–Crippen LogP) is 12.6. The summed E-state index contributed by atoms with van der Waals surface area (Å²) in [5.74, 6) is 2.11. The molecule has 0 aliphatic heterocycles. The van der Waals surface area contributed by atoms with Gasteiger partial charge in [-0.1, -0.05) is 129 Å². The molecular weight excluding hydrogens is 844 g/mol. The van der Waals surface area contributed by atoms with E-state index in [2.05, 4.69) is 176 Å². The second kappa shape index (κ2) is 14.6. The van der Waals surface area contributed by atoms with Crippen molar-refractivity contribution in [2.24, 2.45) is 0 Å². The zero-order valence-corrected chi connectivity index (χ0v) is 35.9. The molecule has 0 N–H and O–H groups in total. The van der Waals surface area contributed by atoms with Crippen LogP contribution in [0.2, 0.25) is 0 Å². The Labute approximate surface area is 336 Å². The molecule has 0 atom stereocenters. The monoisotopic (exact) mass is 895 g/mol. The molecule has 280 valence electrons. The molecule has 5 nitrogen and oxygen atoms in total. The Kier molecular flexibility index (Phi) is 10.6. The second-order valence-corrected chi connectivity index (χ2v) is 17.5. The topological polar surface area (TPSA) is 44.9 Å². The van der Waals surface area contributed by atoms with E-state index in [0.717, 1.165) is 57.4 Å². The molecule has 0 saturated heterocycles. The van der Waals surface area contributed by atoms with Gasteiger partial charge in [-0.15, -0.1) is 41.3 Å². The molecule has 3 aromatic heterocycles. The molecule has 7 aromatic rings. The number of para-hydroxylation sites is 1. The van der Waals surface area contributed by atoms with Crippen LogP contribution in [0.4, 0.5) is 0 Å². The van der Waals surface area contributed by atoms with Crippen molar-refractivity contribution in [3.63, 3.8) is 0 Å². The van der Waals surface area contributed by atoms with Gasteiger partial charge in [0.15, 0.2) is 0 Å². The van der Waals surface area contributed by atoms with Crippen molar-refractivity contribution >= 4 is 21.8 Å². The van der Waals surface area contributed by atoms with E-state index < -0.39 is 0 Å². The number of aryl methyl sites for hydroxylation is 2. The first-order valence-corrected chi connectivity index (χ1v) is 18.9. The number of hydrogen-bond acceptors (Lipinski definition) is 3. The van der Waals surface area contributed by atoms with Gasteiger partial charge in [0.1, 0.15) is 5.82 Å². The summed E-state index contributed by atoms with van der Waals surface area (Å²) in [6, 6.07) is 37.4. The van der Waals surface area contributed by atoms with E-state index in [0.29, 0.717) is 11.5 Å². The molecule has 0 unspecified atom stereocenters. The summed E-state index contributed by atoms with van der Waals surface area (Å²) in [6.07, 6.45) is 3.80. The summed E-state index contributed by atoms with van der Waals surface area (Å²) < 4.78 is 11.1. The van der Waals surface area contributed by atoms with Gasteiger partial charge < -0.3 is 9.30 Å². The summed E-state index contributed by atoms with van der Waals surface area (Å²) in [6.45, 7) is 24.6. The number of fused-ring (bicyclic) bond motifs is 3. The standard InChI is InChI=1S/C48H52N4O.Pt/c1-12-15-40-44(32-20-18-31(2)19-21-32)45(48(9,10)11)52(50-40)35-26-34(47(6,7)8)27-37(29-35)53-36-22-23-39-38-16-13-14-17-41(38)51(42(39)30-36)43-28-33(24-25-49-43)46(3,4)5;/h13-14,16-28H,12,15H2,1-11H3;/q-2;+2. The number of ether oxygens (including phenoxy) is 1. The number of benzene rings is 4. The maximum atomic E-state index is 6.77. The van der Waals surface area contributed by atoms with Crippen LogP contribution in [0.15, 0.2) is 91.1 Å². The van der Waals surface area contributed by atoms with E-state index in [-0.39, 0.29) is 37.3 Å². The fourth-order valence-corrected chi connectivity index (χ4v) is 7.19. The summed E-state index contributed by atoms with van der Waals surface area (Å²) in [5.41, 5.74) is 10.8. The molecule has 0 saturated carbocycles. The van der Waals surface area contributed by atoms with Crippen molar-refractivity contribution < 1.29 is 25.8 Å². The van der Waals surface area contributed by atoms with E-state index in [1.54, 1.807) is 0 Å². The van der Waals surface area contributed by atoms with Crippen molar-refractivity contribution in [3.05, 3.63) is 131 Å². The van der Waals surface area contributed by atoms with Gasteiger partial charge in [0, 0.05) is 34.2 Å². The molecule has 0 aliphatic carbocycles. The zero-order chi connectivity index (χ0) is 37.9. The summed E-state index contributed by atoms with van der Waals surface area (Å²) in [4.78, 5) is 4.86. The van der Waals surface area contributed by atoms with E-state index in [1.165, 1.54) is 27.9 Å². The molecule has 0 amide bonds. The van der Waals surface area contributed by atoms with Crippen molar-refractivity contribution in [3.8, 4) is 34.1 Å². The Morgan fingerprint density at radius 3 is 2.07 bits per heavy atom. The van der Waals surface area contributed by atoms with Crippen molar-refractivity contribution in [2.75, 3.05) is 0 Å². The molecule has 0 bridgehead atoms. The van der Waals surface area contributed by atoms with Gasteiger partial charge in [0.05, 0.1) is 11.4 Å². The molecule has 3 heterocycles. The Bertz CT molecular complexity index is 2450. The first-order chi connectivity index (χ1) is 25.0. The molecule has 7 rings (SSSR count). The van der Waals surface area contributed by atoms with Crippen LogP contribution in [0.1, 0.15) is 104 Å². The fraction of sp³-hybridized carbons (Fsp3) is 0.333. The molecule has 0 radical (unpaired) electrons. The van der Waals surface area contributed by atoms with Gasteiger partial charge in [-0.2, -0.15) is 11.2 Å². The predicted molar refractivity (Wildman–Crippen MR) is 220 cm³/mol. The van der Waals surface area contributed by atoms with Crippen LogP contribution in [0, 0.1) is 19.1 Å². The number of hydrogen-bond donors (Lipinski definition) is 0. The van der Waals surface area contributed by atoms with Crippen molar-refractivity contribution in [2.45, 2.75) is 105 Å². The van der Waals surface area contributed by atoms with Crippen LogP contribution in [0.25, 0.3) is 44.4 Å². The third-order valence-electron chi connectivity index (χ3n) is 10.0. The van der Waals surface area contributed by atoms with Gasteiger partial charge in [-0.3, -0.25) is 4.68 Å². The summed E-state index contributed by atoms with van der Waals surface area (Å²) >= 11 is 0. The first kappa shape index (κ1) is 39.2. The van der Waals surface area contributed by atoms with Crippen LogP contribution >= 0.6 is 0 Å². The molecule has 0 spiro atoms. The van der Waals surface area contributed by atoms with Crippen molar-refractivity contribution in [1.82, 2.24) is 19.3 Å². The molecule has 0 aliphatic rings. The first-order valence-electron chi connectivity index (χ1n) is 18.9. The molecule has 6 heteroatoms. The van der Waals surface area contributed by atoms with Gasteiger partial charge in [0.2, 0.25) is 0 Å². The van der Waals surface area contributed by atoms with Gasteiger partial charge in [0.25, 0.3) is 0 Å². The number of rotatable bonds is 7. The zero-order valence-electron chi connectivity index (χ0n) is 33.6. The molecule has 54 heavy (non-hydrogen) atoms. The minimum atomic E-state index is -0.198. The Morgan fingerprint density at radius 1 is 0.704 bits per heavy atom. The number of nitrogens with zero attached hydrogens (tertiary/aromatic N) is 4. The maximum Gasteiger partial charge on any atom is 2.00 e. The quantitative estimate of drug-likeness (QED) is 0.150. The van der Waals surface area contributed by atoms with Crippen LogP contribution < -0.4 is 4.74 Å². The SMILES string of the molecule is CCCc1nn(-c2[c-]c(Oc3[c-]c4c(cc3)c3ccccc3n4-c3cc(C(C)(C)C)ccn3)cc(C(C)(C)C)c2)c(C(C)(C)C)c1-c1ccc(C)cc1.[Pt+2]. The second-order valence-electron chi connectivity index (χ2n) is 17.5. The third kappa shape index (κ3) is 7.58. The van der Waals surface area contributed by atoms with E-state index >= 15 is 0 Å². The van der Waals surface area contributed by atoms with Gasteiger partial charge in [-0.05, 0) is 64.6 Å². The molecule has 4 aromatic carbocycles. The van der Waals surface area contributed by atoms with Crippen molar-refractivity contribution in [1.29, 1.82) is 0 Å². The van der Waals surface area contributed by atoms with E-state index in [1.807, 2.05) is 12.3 Å². The van der Waals surface area contributed by atoms with Gasteiger partial charge >= 0.3 is 21.1 Å². The van der Waals surface area contributed by atoms with Crippen LogP contribution in [-0.4, -0.2) is 19.3 Å². The molecular formula is C48H52N4OPt. The minimum absolute atomic E-state index is 0. The van der Waals surface area contributed by atoms with Crippen LogP contribution in [0.3, 0.4) is 0 Å². The minimum Gasteiger partial charge on any atom is -0.509 e. The summed E-state index contributed by atoms with van der Waals surface area (Å²) in [7, 11) is 0. The van der Waals surface area contributed by atoms with Crippen LogP contribution in [0.5, 0.6) is 11.5 Å². The maximum absolute atomic E-state index is 6.77. The van der Waals surface area contributed by atoms with Gasteiger partial charge in [-0.25, -0.2) is 4.98 Å².